The minimum atomic E-state index is -0.361. The summed E-state index contributed by atoms with van der Waals surface area (Å²) in [5.74, 6) is -0.361. The molecule has 20 heavy (non-hydrogen) atoms. The van der Waals surface area contributed by atoms with Crippen LogP contribution < -0.4 is 5.32 Å². The minimum absolute atomic E-state index is 0.361. The van der Waals surface area contributed by atoms with E-state index in [1.165, 1.54) is 6.07 Å². The zero-order chi connectivity index (χ0) is 13.7. The number of hydrogen-bond donors (Lipinski definition) is 1. The molecule has 5 heteroatoms. The van der Waals surface area contributed by atoms with Gasteiger partial charge >= 0.3 is 0 Å². The quantitative estimate of drug-likeness (QED) is 0.917. The van der Waals surface area contributed by atoms with Crippen LogP contribution in [0.4, 0.5) is 10.1 Å². The lowest BCUT2D eigenvalue weighted by molar-refractivity contribution is 0.110. The number of halogens is 2. The maximum atomic E-state index is 14.1. The Labute approximate surface area is 121 Å². The molecule has 1 aromatic heterocycles. The summed E-state index contributed by atoms with van der Waals surface area (Å²) < 4.78 is 19.7. The van der Waals surface area contributed by atoms with Gasteiger partial charge in [-0.1, -0.05) is 11.6 Å². The third-order valence-electron chi connectivity index (χ3n) is 3.85. The summed E-state index contributed by atoms with van der Waals surface area (Å²) in [6.07, 6.45) is 3.04. The van der Waals surface area contributed by atoms with Gasteiger partial charge in [-0.05, 0) is 25.0 Å². The number of anilines is 1. The molecule has 0 saturated heterocycles. The minimum Gasteiger partial charge on any atom is -0.381 e. The highest BCUT2D eigenvalue weighted by Gasteiger charge is 2.26. The largest absolute Gasteiger partial charge is 0.381 e. The fourth-order valence-electron chi connectivity index (χ4n) is 2.68. The second-order valence-corrected chi connectivity index (χ2v) is 5.85. The van der Waals surface area contributed by atoms with Gasteiger partial charge in [0.1, 0.15) is 5.52 Å². The van der Waals surface area contributed by atoms with Crippen LogP contribution in [0.3, 0.4) is 0 Å². The zero-order valence-corrected chi connectivity index (χ0v) is 11.6. The Hall–Kier alpha value is -1.39. The lowest BCUT2D eigenvalue weighted by atomic mass is 10.0. The molecule has 2 aromatic rings. The fourth-order valence-corrected chi connectivity index (χ4v) is 2.89. The first-order chi connectivity index (χ1) is 9.72. The summed E-state index contributed by atoms with van der Waals surface area (Å²) in [6, 6.07) is 3.59. The maximum absolute atomic E-state index is 14.1. The summed E-state index contributed by atoms with van der Waals surface area (Å²) in [7, 11) is 0. The summed E-state index contributed by atoms with van der Waals surface area (Å²) in [4.78, 5) is 4.49. The van der Waals surface area contributed by atoms with E-state index in [-0.39, 0.29) is 5.82 Å². The maximum Gasteiger partial charge on any atom is 0.150 e. The van der Waals surface area contributed by atoms with Crippen molar-refractivity contribution in [1.29, 1.82) is 0 Å². The molecule has 2 heterocycles. The second kappa shape index (κ2) is 4.57. The van der Waals surface area contributed by atoms with E-state index < -0.39 is 0 Å². The first kappa shape index (κ1) is 12.4. The summed E-state index contributed by atoms with van der Waals surface area (Å²) in [5.41, 5.74) is 3.34. The van der Waals surface area contributed by atoms with Gasteiger partial charge in [0.2, 0.25) is 0 Å². The number of ether oxygens (including phenoxy) is 1. The van der Waals surface area contributed by atoms with Crippen molar-refractivity contribution in [3.05, 3.63) is 34.2 Å². The van der Waals surface area contributed by atoms with Gasteiger partial charge in [-0.3, -0.25) is 0 Å². The highest BCUT2D eigenvalue weighted by atomic mass is 35.5. The lowest BCUT2D eigenvalue weighted by Crippen LogP contribution is -2.16. The Balaban J connectivity index is 2.01. The van der Waals surface area contributed by atoms with Crippen LogP contribution >= 0.6 is 11.6 Å². The molecule has 0 spiro atoms. The molecular weight excluding hydrogens is 279 g/mol. The molecule has 3 nitrogen and oxygen atoms in total. The Morgan fingerprint density at radius 1 is 1.35 bits per heavy atom. The molecule has 0 amide bonds. The first-order valence-electron chi connectivity index (χ1n) is 6.87. The SMILES string of the molecule is Fc1cc(Cl)cc2c(NC3CC3)c3c(nc12)CCOC3. The molecule has 104 valence electrons. The van der Waals surface area contributed by atoms with E-state index in [4.69, 9.17) is 16.3 Å². The van der Waals surface area contributed by atoms with Crippen molar-refractivity contribution in [2.45, 2.75) is 31.9 Å². The Morgan fingerprint density at radius 3 is 3.00 bits per heavy atom. The van der Waals surface area contributed by atoms with E-state index in [2.05, 4.69) is 10.3 Å². The molecule has 1 saturated carbocycles. The van der Waals surface area contributed by atoms with E-state index in [1.54, 1.807) is 6.07 Å². The van der Waals surface area contributed by atoms with Crippen LogP contribution in [0.2, 0.25) is 5.02 Å². The summed E-state index contributed by atoms with van der Waals surface area (Å²) >= 11 is 6.00. The van der Waals surface area contributed by atoms with Gasteiger partial charge < -0.3 is 10.1 Å². The standard InChI is InChI=1S/C15H14ClFN2O/c16-8-5-10-14(18-9-1-2-9)11-7-20-4-3-13(11)19-15(10)12(17)6-8/h5-6,9H,1-4,7H2,(H,18,19). The van der Waals surface area contributed by atoms with Crippen molar-refractivity contribution in [2.24, 2.45) is 0 Å². The van der Waals surface area contributed by atoms with Crippen molar-refractivity contribution in [1.82, 2.24) is 4.98 Å². The smallest absolute Gasteiger partial charge is 0.150 e. The van der Waals surface area contributed by atoms with Gasteiger partial charge in [0, 0.05) is 28.4 Å². The van der Waals surface area contributed by atoms with Gasteiger partial charge in [0.25, 0.3) is 0 Å². The van der Waals surface area contributed by atoms with Gasteiger partial charge in [-0.2, -0.15) is 0 Å². The van der Waals surface area contributed by atoms with E-state index in [0.29, 0.717) is 29.8 Å². The predicted octanol–water partition coefficient (Wildman–Crippen LogP) is 3.67. The summed E-state index contributed by atoms with van der Waals surface area (Å²) in [5, 5.41) is 4.65. The number of hydrogen-bond acceptors (Lipinski definition) is 3. The van der Waals surface area contributed by atoms with Crippen LogP contribution in [0, 0.1) is 5.82 Å². The zero-order valence-electron chi connectivity index (χ0n) is 10.9. The third kappa shape index (κ3) is 2.03. The van der Waals surface area contributed by atoms with E-state index in [0.717, 1.165) is 41.6 Å². The van der Waals surface area contributed by atoms with Gasteiger partial charge in [0.15, 0.2) is 5.82 Å². The van der Waals surface area contributed by atoms with E-state index in [9.17, 15) is 4.39 Å². The predicted molar refractivity (Wildman–Crippen MR) is 76.7 cm³/mol. The van der Waals surface area contributed by atoms with Gasteiger partial charge in [0.05, 0.1) is 24.6 Å². The van der Waals surface area contributed by atoms with Crippen LogP contribution in [0.1, 0.15) is 24.1 Å². The number of benzene rings is 1. The van der Waals surface area contributed by atoms with Crippen molar-refractivity contribution < 1.29 is 9.13 Å². The van der Waals surface area contributed by atoms with Crippen LogP contribution in [0.15, 0.2) is 12.1 Å². The number of nitrogens with one attached hydrogen (secondary N) is 1. The van der Waals surface area contributed by atoms with E-state index in [1.807, 2.05) is 0 Å². The Morgan fingerprint density at radius 2 is 2.20 bits per heavy atom. The van der Waals surface area contributed by atoms with E-state index >= 15 is 0 Å². The monoisotopic (exact) mass is 292 g/mol. The fraction of sp³-hybridized carbons (Fsp3) is 0.400. The highest BCUT2D eigenvalue weighted by molar-refractivity contribution is 6.31. The van der Waals surface area contributed by atoms with Crippen LogP contribution in [0.5, 0.6) is 0 Å². The van der Waals surface area contributed by atoms with Crippen LogP contribution in [0.25, 0.3) is 10.9 Å². The molecule has 1 fully saturated rings. The topological polar surface area (TPSA) is 34.2 Å². The average molecular weight is 293 g/mol. The van der Waals surface area contributed by atoms with Gasteiger partial charge in [-0.25, -0.2) is 9.37 Å². The van der Waals surface area contributed by atoms with Crippen molar-refractivity contribution in [3.63, 3.8) is 0 Å². The lowest BCUT2D eigenvalue weighted by Gasteiger charge is -2.22. The van der Waals surface area contributed by atoms with Crippen molar-refractivity contribution in [2.75, 3.05) is 11.9 Å². The molecule has 4 rings (SSSR count). The molecule has 1 aliphatic heterocycles. The third-order valence-corrected chi connectivity index (χ3v) is 4.07. The Bertz CT molecular complexity index is 700. The Kier molecular flexibility index (Phi) is 2.82. The molecular formula is C15H14ClFN2O. The van der Waals surface area contributed by atoms with Crippen LogP contribution in [-0.4, -0.2) is 17.6 Å². The number of rotatable bonds is 2. The number of pyridine rings is 1. The molecule has 1 aromatic carbocycles. The van der Waals surface area contributed by atoms with Crippen LogP contribution in [-0.2, 0) is 17.8 Å². The van der Waals surface area contributed by atoms with Crippen molar-refractivity contribution in [3.8, 4) is 0 Å². The second-order valence-electron chi connectivity index (χ2n) is 5.42. The van der Waals surface area contributed by atoms with Gasteiger partial charge in [-0.15, -0.1) is 0 Å². The number of fused-ring (bicyclic) bond motifs is 2. The molecule has 0 atom stereocenters. The summed E-state index contributed by atoms with van der Waals surface area (Å²) in [6.45, 7) is 1.17. The highest BCUT2D eigenvalue weighted by Crippen LogP contribution is 2.37. The molecule has 0 unspecified atom stereocenters. The molecule has 0 radical (unpaired) electrons. The number of nitrogens with zero attached hydrogens (tertiary/aromatic N) is 1. The number of aromatic nitrogens is 1. The molecule has 2 aliphatic rings. The molecule has 0 bridgehead atoms. The molecule has 1 aliphatic carbocycles. The first-order valence-corrected chi connectivity index (χ1v) is 7.25. The van der Waals surface area contributed by atoms with Crippen molar-refractivity contribution >= 4 is 28.2 Å². The normalized spacial score (nSPS) is 18.1. The molecule has 1 N–H and O–H groups in total. The average Bonchev–Trinajstić information content (AvgIpc) is 3.24.